The average Bonchev–Trinajstić information content (AvgIpc) is 3.01. The molecule has 0 aliphatic heterocycles. The lowest BCUT2D eigenvalue weighted by molar-refractivity contribution is 0.0816. The van der Waals surface area contributed by atoms with Gasteiger partial charge in [0.1, 0.15) is 11.7 Å². The molecule has 24 heavy (non-hydrogen) atoms. The topological polar surface area (TPSA) is 68.5 Å². The molecule has 2 aromatic heterocycles. The minimum absolute atomic E-state index is 0.0298. The number of halogens is 1. The third-order valence-electron chi connectivity index (χ3n) is 3.50. The van der Waals surface area contributed by atoms with Crippen LogP contribution in [0.2, 0.25) is 4.34 Å². The van der Waals surface area contributed by atoms with Gasteiger partial charge in [-0.25, -0.2) is 0 Å². The number of ether oxygens (including phenoxy) is 1. The molecule has 0 bridgehead atoms. The van der Waals surface area contributed by atoms with Crippen molar-refractivity contribution in [3.63, 3.8) is 0 Å². The number of carbonyl (C=O) groups excluding carboxylic acids is 1. The van der Waals surface area contributed by atoms with Crippen LogP contribution in [0.1, 0.15) is 21.5 Å². The Morgan fingerprint density at radius 3 is 2.83 bits per heavy atom. The normalized spacial score (nSPS) is 12.2. The Kier molecular flexibility index (Phi) is 4.99. The van der Waals surface area contributed by atoms with Gasteiger partial charge in [-0.1, -0.05) is 23.7 Å². The zero-order valence-electron chi connectivity index (χ0n) is 12.7. The first kappa shape index (κ1) is 16.7. The van der Waals surface area contributed by atoms with E-state index in [4.69, 9.17) is 20.8 Å². The third kappa shape index (κ3) is 3.51. The summed E-state index contributed by atoms with van der Waals surface area (Å²) in [6, 6.07) is 11.6. The molecule has 1 amide bonds. The number of benzene rings is 1. The summed E-state index contributed by atoms with van der Waals surface area (Å²) in [5, 5.41) is 3.16. The fourth-order valence-electron chi connectivity index (χ4n) is 2.29. The Balaban J connectivity index is 1.76. The van der Waals surface area contributed by atoms with Crippen molar-refractivity contribution in [2.75, 3.05) is 13.7 Å². The third-order valence-corrected chi connectivity index (χ3v) is 4.83. The van der Waals surface area contributed by atoms with Crippen molar-refractivity contribution in [3.05, 3.63) is 67.7 Å². The number of nitrogens with one attached hydrogen (secondary N) is 1. The van der Waals surface area contributed by atoms with Gasteiger partial charge in [0.25, 0.3) is 5.91 Å². The molecule has 0 spiro atoms. The van der Waals surface area contributed by atoms with Crippen LogP contribution in [0.3, 0.4) is 0 Å². The SMILES string of the molecule is COC(CNC(=O)c1cc(=O)c2ccccc2o1)c1ccc(Cl)s1. The monoisotopic (exact) mass is 363 g/mol. The molecular weight excluding hydrogens is 350 g/mol. The van der Waals surface area contributed by atoms with E-state index in [1.54, 1.807) is 37.4 Å². The van der Waals surface area contributed by atoms with Crippen LogP contribution >= 0.6 is 22.9 Å². The number of amides is 1. The van der Waals surface area contributed by atoms with Crippen LogP contribution in [0.25, 0.3) is 11.0 Å². The number of hydrogen-bond donors (Lipinski definition) is 1. The molecule has 3 aromatic rings. The number of carbonyl (C=O) groups is 1. The predicted molar refractivity (Wildman–Crippen MR) is 93.9 cm³/mol. The summed E-state index contributed by atoms with van der Waals surface area (Å²) in [6.45, 7) is 0.239. The van der Waals surface area contributed by atoms with Crippen LogP contribution in [-0.4, -0.2) is 19.6 Å². The van der Waals surface area contributed by atoms with E-state index in [0.29, 0.717) is 15.3 Å². The van der Waals surface area contributed by atoms with E-state index >= 15 is 0 Å². The van der Waals surface area contributed by atoms with Gasteiger partial charge in [-0.15, -0.1) is 11.3 Å². The highest BCUT2D eigenvalue weighted by molar-refractivity contribution is 7.16. The van der Waals surface area contributed by atoms with Crippen LogP contribution in [0.4, 0.5) is 0 Å². The Bertz CT molecular complexity index is 933. The molecule has 0 fully saturated rings. The molecule has 1 N–H and O–H groups in total. The number of fused-ring (bicyclic) bond motifs is 1. The fraction of sp³-hybridized carbons (Fsp3) is 0.176. The second-order valence-corrected chi connectivity index (χ2v) is 6.79. The maximum absolute atomic E-state index is 12.3. The van der Waals surface area contributed by atoms with Crippen LogP contribution < -0.4 is 10.7 Å². The predicted octanol–water partition coefficient (Wildman–Crippen LogP) is 3.63. The first-order valence-electron chi connectivity index (χ1n) is 7.17. The quantitative estimate of drug-likeness (QED) is 0.751. The summed E-state index contributed by atoms with van der Waals surface area (Å²) in [5.74, 6) is -0.500. The maximum Gasteiger partial charge on any atom is 0.287 e. The first-order valence-corrected chi connectivity index (χ1v) is 8.37. The Morgan fingerprint density at radius 1 is 1.33 bits per heavy atom. The smallest absolute Gasteiger partial charge is 0.287 e. The molecule has 0 aliphatic carbocycles. The minimum atomic E-state index is -0.470. The molecule has 0 saturated carbocycles. The van der Waals surface area contributed by atoms with Crippen molar-refractivity contribution in [1.29, 1.82) is 0 Å². The van der Waals surface area contributed by atoms with Gasteiger partial charge in [0, 0.05) is 24.6 Å². The molecule has 5 nitrogen and oxygen atoms in total. The van der Waals surface area contributed by atoms with Gasteiger partial charge >= 0.3 is 0 Å². The van der Waals surface area contributed by atoms with Gasteiger partial charge < -0.3 is 14.5 Å². The highest BCUT2D eigenvalue weighted by atomic mass is 35.5. The molecule has 124 valence electrons. The summed E-state index contributed by atoms with van der Waals surface area (Å²) < 4.78 is 11.5. The van der Waals surface area contributed by atoms with E-state index in [1.807, 2.05) is 6.07 Å². The lowest BCUT2D eigenvalue weighted by Gasteiger charge is -2.14. The van der Waals surface area contributed by atoms with E-state index in [9.17, 15) is 9.59 Å². The Hall–Kier alpha value is -2.15. The van der Waals surface area contributed by atoms with Crippen LogP contribution in [0.5, 0.6) is 0 Å². The second-order valence-electron chi connectivity index (χ2n) is 5.05. The van der Waals surface area contributed by atoms with Crippen molar-refractivity contribution in [1.82, 2.24) is 5.32 Å². The van der Waals surface area contributed by atoms with Crippen molar-refractivity contribution < 1.29 is 13.9 Å². The van der Waals surface area contributed by atoms with Crippen molar-refractivity contribution in [2.45, 2.75) is 6.10 Å². The van der Waals surface area contributed by atoms with Crippen molar-refractivity contribution in [2.24, 2.45) is 0 Å². The van der Waals surface area contributed by atoms with Crippen LogP contribution in [0, 0.1) is 0 Å². The number of para-hydroxylation sites is 1. The summed E-state index contributed by atoms with van der Waals surface area (Å²) in [5.41, 5.74) is 0.124. The molecule has 0 aliphatic rings. The zero-order valence-corrected chi connectivity index (χ0v) is 14.3. The Labute approximate surface area is 146 Å². The summed E-state index contributed by atoms with van der Waals surface area (Å²) in [6.07, 6.45) is -0.321. The number of methoxy groups -OCH3 is 1. The van der Waals surface area contributed by atoms with Gasteiger partial charge in [-0.2, -0.15) is 0 Å². The highest BCUT2D eigenvalue weighted by Crippen LogP contribution is 2.28. The molecule has 1 atom stereocenters. The van der Waals surface area contributed by atoms with Gasteiger partial charge in [-0.05, 0) is 24.3 Å². The summed E-state index contributed by atoms with van der Waals surface area (Å²) in [4.78, 5) is 25.2. The average molecular weight is 364 g/mol. The molecule has 7 heteroatoms. The molecule has 2 heterocycles. The van der Waals surface area contributed by atoms with E-state index < -0.39 is 5.91 Å². The number of hydrogen-bond acceptors (Lipinski definition) is 5. The largest absolute Gasteiger partial charge is 0.451 e. The summed E-state index contributed by atoms with van der Waals surface area (Å²) in [7, 11) is 1.56. The van der Waals surface area contributed by atoms with E-state index in [2.05, 4.69) is 5.32 Å². The first-order chi connectivity index (χ1) is 11.6. The Morgan fingerprint density at radius 2 is 2.12 bits per heavy atom. The minimum Gasteiger partial charge on any atom is -0.451 e. The molecule has 0 radical (unpaired) electrons. The molecule has 3 rings (SSSR count). The molecular formula is C17H14ClNO4S. The van der Waals surface area contributed by atoms with Gasteiger partial charge in [0.05, 0.1) is 9.72 Å². The zero-order chi connectivity index (χ0) is 17.1. The van der Waals surface area contributed by atoms with E-state index in [-0.39, 0.29) is 23.8 Å². The lowest BCUT2D eigenvalue weighted by atomic mass is 10.2. The second kappa shape index (κ2) is 7.17. The van der Waals surface area contributed by atoms with Crippen molar-refractivity contribution in [3.8, 4) is 0 Å². The van der Waals surface area contributed by atoms with Gasteiger partial charge in [0.2, 0.25) is 0 Å². The number of thiophene rings is 1. The van der Waals surface area contributed by atoms with Crippen molar-refractivity contribution >= 4 is 39.8 Å². The van der Waals surface area contributed by atoms with Gasteiger partial charge in [-0.3, -0.25) is 9.59 Å². The molecule has 0 saturated heterocycles. The molecule has 1 unspecified atom stereocenters. The lowest BCUT2D eigenvalue weighted by Crippen LogP contribution is -2.29. The standard InChI is InChI=1S/C17H14ClNO4S/c1-22-14(15-6-7-16(18)24-15)9-19-17(21)13-8-11(20)10-4-2-3-5-12(10)23-13/h2-8,14H,9H2,1H3,(H,19,21). The van der Waals surface area contributed by atoms with E-state index in [1.165, 1.54) is 17.4 Å². The van der Waals surface area contributed by atoms with Crippen LogP contribution in [-0.2, 0) is 4.74 Å². The van der Waals surface area contributed by atoms with Gasteiger partial charge in [0.15, 0.2) is 11.2 Å². The maximum atomic E-state index is 12.3. The summed E-state index contributed by atoms with van der Waals surface area (Å²) >= 11 is 7.31. The fourth-order valence-corrected chi connectivity index (χ4v) is 3.43. The number of rotatable bonds is 5. The van der Waals surface area contributed by atoms with E-state index in [0.717, 1.165) is 4.88 Å². The van der Waals surface area contributed by atoms with Crippen LogP contribution in [0.15, 0.2) is 51.7 Å². The highest BCUT2D eigenvalue weighted by Gasteiger charge is 2.17. The molecule has 1 aromatic carbocycles.